The van der Waals surface area contributed by atoms with Crippen LogP contribution in [-0.2, 0) is 17.6 Å². The Morgan fingerprint density at radius 2 is 2.17 bits per heavy atom. The van der Waals surface area contributed by atoms with Crippen LogP contribution >= 0.6 is 0 Å². The van der Waals surface area contributed by atoms with Crippen LogP contribution in [0.5, 0.6) is 5.75 Å². The molecule has 3 aromatic rings. The third kappa shape index (κ3) is 2.64. The predicted molar refractivity (Wildman–Crippen MR) is 92.1 cm³/mol. The Labute approximate surface area is 140 Å². The molecule has 1 aromatic heterocycles. The second-order valence-corrected chi connectivity index (χ2v) is 6.16. The van der Waals surface area contributed by atoms with Crippen molar-refractivity contribution in [3.63, 3.8) is 0 Å². The van der Waals surface area contributed by atoms with E-state index in [2.05, 4.69) is 23.5 Å². The SMILES string of the molecule is COc1ccc2c(CC(=O)N[C@H]3CCc4ccccc43)coc2c1. The summed E-state index contributed by atoms with van der Waals surface area (Å²) in [5, 5.41) is 4.11. The lowest BCUT2D eigenvalue weighted by atomic mass is 10.1. The van der Waals surface area contributed by atoms with Gasteiger partial charge in [0.1, 0.15) is 11.3 Å². The minimum Gasteiger partial charge on any atom is -0.497 e. The molecule has 4 heteroatoms. The highest BCUT2D eigenvalue weighted by atomic mass is 16.5. The van der Waals surface area contributed by atoms with Gasteiger partial charge in [0.2, 0.25) is 5.91 Å². The van der Waals surface area contributed by atoms with E-state index < -0.39 is 0 Å². The van der Waals surface area contributed by atoms with E-state index in [1.165, 1.54) is 11.1 Å². The largest absolute Gasteiger partial charge is 0.497 e. The maximum Gasteiger partial charge on any atom is 0.225 e. The molecule has 0 radical (unpaired) electrons. The van der Waals surface area contributed by atoms with Gasteiger partial charge >= 0.3 is 0 Å². The minimum atomic E-state index is 0.0234. The number of benzene rings is 2. The van der Waals surface area contributed by atoms with Crippen LogP contribution in [0, 0.1) is 0 Å². The summed E-state index contributed by atoms with van der Waals surface area (Å²) < 4.78 is 10.8. The van der Waals surface area contributed by atoms with Crippen LogP contribution in [0.25, 0.3) is 11.0 Å². The number of amides is 1. The molecule has 1 atom stereocenters. The summed E-state index contributed by atoms with van der Waals surface area (Å²) in [4.78, 5) is 12.5. The number of rotatable bonds is 4. The number of aryl methyl sites for hydroxylation is 1. The monoisotopic (exact) mass is 321 g/mol. The maximum absolute atomic E-state index is 12.5. The van der Waals surface area contributed by atoms with Gasteiger partial charge in [-0.2, -0.15) is 0 Å². The van der Waals surface area contributed by atoms with Gasteiger partial charge in [-0.3, -0.25) is 4.79 Å². The lowest BCUT2D eigenvalue weighted by Crippen LogP contribution is -2.28. The molecule has 0 spiro atoms. The second-order valence-electron chi connectivity index (χ2n) is 6.16. The fraction of sp³-hybridized carbons (Fsp3) is 0.250. The summed E-state index contributed by atoms with van der Waals surface area (Å²) in [5.41, 5.74) is 4.22. The smallest absolute Gasteiger partial charge is 0.225 e. The van der Waals surface area contributed by atoms with Gasteiger partial charge in [0.15, 0.2) is 0 Å². The van der Waals surface area contributed by atoms with Crippen LogP contribution in [0.1, 0.15) is 29.2 Å². The zero-order valence-electron chi connectivity index (χ0n) is 13.5. The third-order valence-corrected chi connectivity index (χ3v) is 4.68. The number of hydrogen-bond acceptors (Lipinski definition) is 3. The van der Waals surface area contributed by atoms with E-state index in [1.54, 1.807) is 13.4 Å². The van der Waals surface area contributed by atoms with Crippen molar-refractivity contribution in [2.45, 2.75) is 25.3 Å². The first-order valence-corrected chi connectivity index (χ1v) is 8.16. The van der Waals surface area contributed by atoms with Gasteiger partial charge in [-0.25, -0.2) is 0 Å². The topological polar surface area (TPSA) is 51.5 Å². The molecule has 0 saturated heterocycles. The molecule has 1 aliphatic rings. The van der Waals surface area contributed by atoms with Gasteiger partial charge in [0.25, 0.3) is 0 Å². The Morgan fingerprint density at radius 3 is 3.04 bits per heavy atom. The Bertz CT molecular complexity index is 897. The molecule has 0 fully saturated rings. The molecule has 0 unspecified atom stereocenters. The van der Waals surface area contributed by atoms with Crippen molar-refractivity contribution in [2.75, 3.05) is 7.11 Å². The number of ether oxygens (including phenoxy) is 1. The highest BCUT2D eigenvalue weighted by Crippen LogP contribution is 2.31. The minimum absolute atomic E-state index is 0.0234. The summed E-state index contributed by atoms with van der Waals surface area (Å²) in [6.45, 7) is 0. The molecule has 1 amide bonds. The standard InChI is InChI=1S/C20H19NO3/c1-23-15-7-8-17-14(12-24-19(17)11-15)10-20(22)21-18-9-6-13-4-2-3-5-16(13)18/h2-5,7-8,11-12,18H,6,9-10H2,1H3,(H,21,22)/t18-/m0/s1. The van der Waals surface area contributed by atoms with Gasteiger partial charge < -0.3 is 14.5 Å². The van der Waals surface area contributed by atoms with Crippen LogP contribution in [0.4, 0.5) is 0 Å². The van der Waals surface area contributed by atoms with Crippen molar-refractivity contribution in [1.82, 2.24) is 5.32 Å². The van der Waals surface area contributed by atoms with Crippen LogP contribution in [-0.4, -0.2) is 13.0 Å². The molecule has 4 nitrogen and oxygen atoms in total. The van der Waals surface area contributed by atoms with Crippen LogP contribution in [0.3, 0.4) is 0 Å². The lowest BCUT2D eigenvalue weighted by molar-refractivity contribution is -0.121. The van der Waals surface area contributed by atoms with E-state index in [1.807, 2.05) is 24.3 Å². The molecular formula is C20H19NO3. The molecular weight excluding hydrogens is 302 g/mol. The number of hydrogen-bond donors (Lipinski definition) is 1. The molecule has 0 bridgehead atoms. The quantitative estimate of drug-likeness (QED) is 0.795. The zero-order valence-corrected chi connectivity index (χ0v) is 13.5. The molecule has 122 valence electrons. The average molecular weight is 321 g/mol. The Hall–Kier alpha value is -2.75. The normalized spacial score (nSPS) is 16.1. The molecule has 1 N–H and O–H groups in total. The maximum atomic E-state index is 12.5. The van der Waals surface area contributed by atoms with Crippen LogP contribution < -0.4 is 10.1 Å². The van der Waals surface area contributed by atoms with Crippen molar-refractivity contribution in [2.24, 2.45) is 0 Å². The molecule has 0 saturated carbocycles. The fourth-order valence-corrected chi connectivity index (χ4v) is 3.45. The number of fused-ring (bicyclic) bond motifs is 2. The van der Waals surface area contributed by atoms with Gasteiger partial charge in [-0.15, -0.1) is 0 Å². The third-order valence-electron chi connectivity index (χ3n) is 4.68. The molecule has 1 aliphatic carbocycles. The lowest BCUT2D eigenvalue weighted by Gasteiger charge is -2.13. The van der Waals surface area contributed by atoms with Gasteiger partial charge in [0, 0.05) is 17.0 Å². The van der Waals surface area contributed by atoms with E-state index in [9.17, 15) is 4.79 Å². The van der Waals surface area contributed by atoms with E-state index in [4.69, 9.17) is 9.15 Å². The number of methoxy groups -OCH3 is 1. The first-order chi connectivity index (χ1) is 11.7. The van der Waals surface area contributed by atoms with Crippen molar-refractivity contribution < 1.29 is 13.9 Å². The molecule has 1 heterocycles. The highest BCUT2D eigenvalue weighted by Gasteiger charge is 2.23. The summed E-state index contributed by atoms with van der Waals surface area (Å²) in [5.74, 6) is 0.769. The first kappa shape index (κ1) is 14.8. The second kappa shape index (κ2) is 6.04. The first-order valence-electron chi connectivity index (χ1n) is 8.16. The van der Waals surface area contributed by atoms with Gasteiger partial charge in [-0.05, 0) is 36.1 Å². The molecule has 24 heavy (non-hydrogen) atoms. The summed E-state index contributed by atoms with van der Waals surface area (Å²) in [7, 11) is 1.62. The molecule has 0 aliphatic heterocycles. The fourth-order valence-electron chi connectivity index (χ4n) is 3.45. The van der Waals surface area contributed by atoms with Gasteiger partial charge in [0.05, 0.1) is 25.8 Å². The number of furan rings is 1. The Balaban J connectivity index is 1.49. The highest BCUT2D eigenvalue weighted by molar-refractivity contribution is 5.88. The number of nitrogens with one attached hydrogen (secondary N) is 1. The van der Waals surface area contributed by atoms with Crippen LogP contribution in [0.2, 0.25) is 0 Å². The zero-order chi connectivity index (χ0) is 16.5. The summed E-state index contributed by atoms with van der Waals surface area (Å²) in [6, 6.07) is 14.1. The van der Waals surface area contributed by atoms with Crippen LogP contribution in [0.15, 0.2) is 53.1 Å². The number of carbonyl (C=O) groups excluding carboxylic acids is 1. The van der Waals surface area contributed by atoms with E-state index in [-0.39, 0.29) is 11.9 Å². The van der Waals surface area contributed by atoms with Crippen molar-refractivity contribution in [1.29, 1.82) is 0 Å². The van der Waals surface area contributed by atoms with E-state index >= 15 is 0 Å². The van der Waals surface area contributed by atoms with Crippen molar-refractivity contribution >= 4 is 16.9 Å². The average Bonchev–Trinajstić information content (AvgIpc) is 3.19. The summed E-state index contributed by atoms with van der Waals surface area (Å²) in [6.07, 6.45) is 3.97. The van der Waals surface area contributed by atoms with Crippen molar-refractivity contribution in [3.05, 3.63) is 65.4 Å². The predicted octanol–water partition coefficient (Wildman–Crippen LogP) is 3.79. The Morgan fingerprint density at radius 1 is 1.29 bits per heavy atom. The van der Waals surface area contributed by atoms with Gasteiger partial charge in [-0.1, -0.05) is 24.3 Å². The van der Waals surface area contributed by atoms with E-state index in [0.29, 0.717) is 6.42 Å². The molecule has 2 aromatic carbocycles. The number of carbonyl (C=O) groups is 1. The van der Waals surface area contributed by atoms with E-state index in [0.717, 1.165) is 35.1 Å². The Kier molecular flexibility index (Phi) is 3.73. The van der Waals surface area contributed by atoms with Crippen molar-refractivity contribution in [3.8, 4) is 5.75 Å². The summed E-state index contributed by atoms with van der Waals surface area (Å²) >= 11 is 0. The molecule has 4 rings (SSSR count).